The number of rotatable bonds is 6. The number of aryl methyl sites for hydroxylation is 2. The second kappa shape index (κ2) is 10.8. The monoisotopic (exact) mass is 448 g/mol. The number of carbonyl (C=O) groups is 2. The fourth-order valence-corrected chi connectivity index (χ4v) is 4.94. The molecule has 1 saturated heterocycles. The molecule has 2 aromatic carbocycles. The van der Waals surface area contributed by atoms with Crippen molar-refractivity contribution in [2.24, 2.45) is 0 Å². The normalized spacial score (nSPS) is 17.2. The average molecular weight is 449 g/mol. The quantitative estimate of drug-likeness (QED) is 0.666. The third-order valence-electron chi connectivity index (χ3n) is 6.91. The van der Waals surface area contributed by atoms with E-state index in [0.717, 1.165) is 31.6 Å². The minimum Gasteiger partial charge on any atom is -0.374 e. The SMILES string of the molecule is Cc1ccc(CNC(=O)C(=O)NCC(c2ccc3c(c2)CCCN3C)N2CCCCC2)cc1. The molecule has 6 nitrogen and oxygen atoms in total. The van der Waals surface area contributed by atoms with Crippen molar-refractivity contribution in [3.8, 4) is 0 Å². The number of carbonyl (C=O) groups excluding carboxylic acids is 2. The number of amides is 2. The molecule has 1 fully saturated rings. The molecule has 0 radical (unpaired) electrons. The largest absolute Gasteiger partial charge is 0.374 e. The molecule has 33 heavy (non-hydrogen) atoms. The summed E-state index contributed by atoms with van der Waals surface area (Å²) < 4.78 is 0. The predicted molar refractivity (Wildman–Crippen MR) is 132 cm³/mol. The van der Waals surface area contributed by atoms with Crippen molar-refractivity contribution in [2.45, 2.75) is 51.6 Å². The molecule has 2 heterocycles. The van der Waals surface area contributed by atoms with Crippen molar-refractivity contribution in [1.29, 1.82) is 0 Å². The lowest BCUT2D eigenvalue weighted by atomic mass is 9.95. The van der Waals surface area contributed by atoms with Crippen LogP contribution in [0.3, 0.4) is 0 Å². The molecule has 0 bridgehead atoms. The Balaban J connectivity index is 1.40. The zero-order valence-corrected chi connectivity index (χ0v) is 19.9. The van der Waals surface area contributed by atoms with Gasteiger partial charge in [0.2, 0.25) is 0 Å². The first kappa shape index (κ1) is 23.3. The second-order valence-electron chi connectivity index (χ2n) is 9.40. The maximum absolute atomic E-state index is 12.6. The molecule has 2 aliphatic heterocycles. The number of hydrogen-bond acceptors (Lipinski definition) is 4. The average Bonchev–Trinajstić information content (AvgIpc) is 2.84. The van der Waals surface area contributed by atoms with Crippen LogP contribution in [0, 0.1) is 6.92 Å². The molecule has 2 aliphatic rings. The van der Waals surface area contributed by atoms with E-state index in [1.54, 1.807) is 0 Å². The van der Waals surface area contributed by atoms with Gasteiger partial charge in [-0.25, -0.2) is 0 Å². The summed E-state index contributed by atoms with van der Waals surface area (Å²) in [6.45, 7) is 5.95. The van der Waals surface area contributed by atoms with Crippen LogP contribution in [0.25, 0.3) is 0 Å². The third-order valence-corrected chi connectivity index (χ3v) is 6.91. The lowest BCUT2D eigenvalue weighted by molar-refractivity contribution is -0.139. The van der Waals surface area contributed by atoms with Gasteiger partial charge in [0.1, 0.15) is 0 Å². The van der Waals surface area contributed by atoms with Crippen LogP contribution in [0.5, 0.6) is 0 Å². The van der Waals surface area contributed by atoms with E-state index >= 15 is 0 Å². The maximum Gasteiger partial charge on any atom is 0.309 e. The van der Waals surface area contributed by atoms with Crippen molar-refractivity contribution in [3.63, 3.8) is 0 Å². The first-order valence-electron chi connectivity index (χ1n) is 12.2. The Kier molecular flexibility index (Phi) is 7.65. The number of benzene rings is 2. The fraction of sp³-hybridized carbons (Fsp3) is 0.481. The summed E-state index contributed by atoms with van der Waals surface area (Å²) in [5.74, 6) is -1.15. The lowest BCUT2D eigenvalue weighted by Crippen LogP contribution is -2.45. The molecule has 2 N–H and O–H groups in total. The maximum atomic E-state index is 12.6. The molecule has 0 aliphatic carbocycles. The van der Waals surface area contributed by atoms with Crippen molar-refractivity contribution in [1.82, 2.24) is 15.5 Å². The van der Waals surface area contributed by atoms with Crippen LogP contribution in [0.1, 0.15) is 54.0 Å². The summed E-state index contributed by atoms with van der Waals surface area (Å²) in [5.41, 5.74) is 6.06. The van der Waals surface area contributed by atoms with Crippen molar-refractivity contribution < 1.29 is 9.59 Å². The van der Waals surface area contributed by atoms with Gasteiger partial charge >= 0.3 is 11.8 Å². The van der Waals surface area contributed by atoms with Gasteiger partial charge in [-0.15, -0.1) is 0 Å². The smallest absolute Gasteiger partial charge is 0.309 e. The van der Waals surface area contributed by atoms with Gasteiger partial charge in [0.15, 0.2) is 0 Å². The Bertz CT molecular complexity index is 967. The van der Waals surface area contributed by atoms with Gasteiger partial charge in [-0.2, -0.15) is 0 Å². The highest BCUT2D eigenvalue weighted by Crippen LogP contribution is 2.31. The molecule has 6 heteroatoms. The van der Waals surface area contributed by atoms with E-state index in [0.29, 0.717) is 13.1 Å². The number of hydrogen-bond donors (Lipinski definition) is 2. The van der Waals surface area contributed by atoms with Gasteiger partial charge in [0.05, 0.1) is 6.04 Å². The summed E-state index contributed by atoms with van der Waals surface area (Å²) in [7, 11) is 2.15. The highest BCUT2D eigenvalue weighted by atomic mass is 16.2. The zero-order valence-electron chi connectivity index (χ0n) is 19.9. The number of likely N-dealkylation sites (tertiary alicyclic amines) is 1. The van der Waals surface area contributed by atoms with E-state index in [-0.39, 0.29) is 6.04 Å². The Hall–Kier alpha value is -2.86. The first-order chi connectivity index (χ1) is 16.0. The number of nitrogens with zero attached hydrogens (tertiary/aromatic N) is 2. The minimum absolute atomic E-state index is 0.0803. The van der Waals surface area contributed by atoms with Gasteiger partial charge in [-0.05, 0) is 68.5 Å². The molecule has 2 amide bonds. The number of piperidine rings is 1. The molecule has 4 rings (SSSR count). The van der Waals surface area contributed by atoms with Crippen LogP contribution in [0.2, 0.25) is 0 Å². The molecule has 1 unspecified atom stereocenters. The van der Waals surface area contributed by atoms with E-state index in [1.807, 2.05) is 31.2 Å². The Labute approximate surface area is 197 Å². The molecule has 0 spiro atoms. The predicted octanol–water partition coefficient (Wildman–Crippen LogP) is 3.34. The summed E-state index contributed by atoms with van der Waals surface area (Å²) in [4.78, 5) is 29.7. The van der Waals surface area contributed by atoms with E-state index < -0.39 is 11.8 Å². The highest BCUT2D eigenvalue weighted by molar-refractivity contribution is 6.35. The zero-order chi connectivity index (χ0) is 23.2. The number of fused-ring (bicyclic) bond motifs is 1. The Morgan fingerprint density at radius 3 is 2.39 bits per heavy atom. The molecule has 2 aromatic rings. The van der Waals surface area contributed by atoms with Crippen LogP contribution >= 0.6 is 0 Å². The second-order valence-corrected chi connectivity index (χ2v) is 9.40. The summed E-state index contributed by atoms with van der Waals surface area (Å²) in [5, 5.41) is 5.65. The summed E-state index contributed by atoms with van der Waals surface area (Å²) in [6.07, 6.45) is 5.86. The molecule has 0 aromatic heterocycles. The first-order valence-corrected chi connectivity index (χ1v) is 12.2. The Morgan fingerprint density at radius 2 is 1.64 bits per heavy atom. The lowest BCUT2D eigenvalue weighted by Gasteiger charge is -2.36. The van der Waals surface area contributed by atoms with Crippen molar-refractivity contribution in [2.75, 3.05) is 38.1 Å². The van der Waals surface area contributed by atoms with Crippen LogP contribution in [-0.4, -0.2) is 49.9 Å². The topological polar surface area (TPSA) is 64.7 Å². The van der Waals surface area contributed by atoms with Gasteiger partial charge in [0, 0.05) is 32.4 Å². The van der Waals surface area contributed by atoms with Gasteiger partial charge in [-0.1, -0.05) is 48.4 Å². The number of anilines is 1. The molecule has 1 atom stereocenters. The third kappa shape index (κ3) is 5.93. The molecule has 176 valence electrons. The van der Waals surface area contributed by atoms with Crippen LogP contribution in [0.15, 0.2) is 42.5 Å². The van der Waals surface area contributed by atoms with Crippen LogP contribution < -0.4 is 15.5 Å². The van der Waals surface area contributed by atoms with E-state index in [1.165, 1.54) is 48.1 Å². The van der Waals surface area contributed by atoms with Crippen LogP contribution in [-0.2, 0) is 22.6 Å². The Morgan fingerprint density at radius 1 is 0.909 bits per heavy atom. The molecule has 0 saturated carbocycles. The van der Waals surface area contributed by atoms with Crippen LogP contribution in [0.4, 0.5) is 5.69 Å². The van der Waals surface area contributed by atoms with Gasteiger partial charge < -0.3 is 15.5 Å². The fourth-order valence-electron chi connectivity index (χ4n) is 4.94. The van der Waals surface area contributed by atoms with Crippen molar-refractivity contribution >= 4 is 17.5 Å². The number of nitrogens with one attached hydrogen (secondary N) is 2. The summed E-state index contributed by atoms with van der Waals surface area (Å²) in [6, 6.07) is 14.7. The van der Waals surface area contributed by atoms with E-state index in [2.05, 4.69) is 45.7 Å². The van der Waals surface area contributed by atoms with Crippen molar-refractivity contribution in [3.05, 3.63) is 64.7 Å². The highest BCUT2D eigenvalue weighted by Gasteiger charge is 2.25. The van der Waals surface area contributed by atoms with E-state index in [4.69, 9.17) is 0 Å². The molecular formula is C27H36N4O2. The van der Waals surface area contributed by atoms with Gasteiger partial charge in [0.25, 0.3) is 0 Å². The minimum atomic E-state index is -0.583. The summed E-state index contributed by atoms with van der Waals surface area (Å²) >= 11 is 0. The molecular weight excluding hydrogens is 412 g/mol. The standard InChI is InChI=1S/C27H36N4O2/c1-20-8-10-21(11-9-20)18-28-26(32)27(33)29-19-25(31-15-4-3-5-16-31)23-12-13-24-22(17-23)7-6-14-30(24)2/h8-13,17,25H,3-7,14-16,18-19H2,1-2H3,(H,28,32)(H,29,33). The van der Waals surface area contributed by atoms with Gasteiger partial charge in [-0.3, -0.25) is 14.5 Å². The van der Waals surface area contributed by atoms with E-state index in [9.17, 15) is 9.59 Å².